The minimum atomic E-state index is -3.82. The Hall–Kier alpha value is -2.58. The molecule has 0 saturated carbocycles. The quantitative estimate of drug-likeness (QED) is 0.620. The molecule has 8 heteroatoms. The van der Waals surface area contributed by atoms with Gasteiger partial charge in [0.2, 0.25) is 15.9 Å². The first-order valence-electron chi connectivity index (χ1n) is 9.90. The number of amides is 1. The molecule has 30 heavy (non-hydrogen) atoms. The summed E-state index contributed by atoms with van der Waals surface area (Å²) < 4.78 is 38.1. The predicted molar refractivity (Wildman–Crippen MR) is 116 cm³/mol. The van der Waals surface area contributed by atoms with Crippen LogP contribution in [0.4, 0.5) is 0 Å². The molecular formula is C22H30N2O5S. The highest BCUT2D eigenvalue weighted by atomic mass is 32.2. The molecule has 2 aromatic rings. The van der Waals surface area contributed by atoms with E-state index in [2.05, 4.69) is 5.32 Å². The van der Waals surface area contributed by atoms with Crippen molar-refractivity contribution in [2.24, 2.45) is 0 Å². The smallest absolute Gasteiger partial charge is 0.243 e. The highest BCUT2D eigenvalue weighted by Gasteiger charge is 2.26. The number of sulfonamides is 1. The third kappa shape index (κ3) is 5.52. The number of methoxy groups -OCH3 is 1. The van der Waals surface area contributed by atoms with Gasteiger partial charge in [0.05, 0.1) is 31.2 Å². The second-order valence-corrected chi connectivity index (χ2v) is 8.76. The van der Waals surface area contributed by atoms with Crippen LogP contribution in [-0.4, -0.2) is 45.4 Å². The van der Waals surface area contributed by atoms with E-state index in [9.17, 15) is 13.2 Å². The summed E-state index contributed by atoms with van der Waals surface area (Å²) >= 11 is 0. The molecule has 0 aromatic heterocycles. The molecule has 7 nitrogen and oxygen atoms in total. The number of carbonyl (C=O) groups is 1. The summed E-state index contributed by atoms with van der Waals surface area (Å²) in [6, 6.07) is 11.8. The zero-order valence-electron chi connectivity index (χ0n) is 18.1. The number of likely N-dealkylation sites (N-methyl/N-ethyl adjacent to an activating group) is 1. The molecule has 0 saturated heterocycles. The van der Waals surface area contributed by atoms with Gasteiger partial charge in [-0.05, 0) is 50.6 Å². The molecule has 0 heterocycles. The van der Waals surface area contributed by atoms with Crippen LogP contribution in [0.3, 0.4) is 0 Å². The Kier molecular flexibility index (Phi) is 8.25. The van der Waals surface area contributed by atoms with Crippen LogP contribution in [0.15, 0.2) is 47.4 Å². The topological polar surface area (TPSA) is 84.9 Å². The van der Waals surface area contributed by atoms with Crippen LogP contribution in [0, 0.1) is 6.92 Å². The Balaban J connectivity index is 2.15. The van der Waals surface area contributed by atoms with E-state index in [1.54, 1.807) is 33.1 Å². The van der Waals surface area contributed by atoms with Gasteiger partial charge in [0.15, 0.2) is 0 Å². The lowest BCUT2D eigenvalue weighted by molar-refractivity contribution is -0.121. The molecule has 0 spiro atoms. The van der Waals surface area contributed by atoms with Gasteiger partial charge in [-0.2, -0.15) is 4.31 Å². The Bertz CT molecular complexity index is 975. The van der Waals surface area contributed by atoms with Crippen LogP contribution in [-0.2, 0) is 14.8 Å². The van der Waals surface area contributed by atoms with Crippen molar-refractivity contribution >= 4 is 15.9 Å². The van der Waals surface area contributed by atoms with Crippen LogP contribution < -0.4 is 14.8 Å². The molecule has 2 rings (SSSR count). The molecule has 0 radical (unpaired) electrons. The molecule has 1 atom stereocenters. The Morgan fingerprint density at radius 3 is 2.43 bits per heavy atom. The van der Waals surface area contributed by atoms with Gasteiger partial charge in [0.1, 0.15) is 11.5 Å². The van der Waals surface area contributed by atoms with Crippen LogP contribution in [0.2, 0.25) is 0 Å². The fourth-order valence-corrected chi connectivity index (χ4v) is 4.66. The standard InChI is InChI=1S/C22H30N2O5S/c1-6-24(30(26,27)18-12-13-20(29-7-2)16(3)14-18)15-22(25)23-17(4)19-10-8-9-11-21(19)28-5/h8-14,17H,6-7,15H2,1-5H3,(H,23,25)/t17-/m1/s1. The van der Waals surface area contributed by atoms with Gasteiger partial charge in [0.25, 0.3) is 0 Å². The Labute approximate surface area is 179 Å². The number of ether oxygens (including phenoxy) is 2. The van der Waals surface area contributed by atoms with Crippen molar-refractivity contribution in [3.05, 3.63) is 53.6 Å². The summed E-state index contributed by atoms with van der Waals surface area (Å²) in [4.78, 5) is 12.7. The third-order valence-electron chi connectivity index (χ3n) is 4.74. The molecule has 0 bridgehead atoms. The van der Waals surface area contributed by atoms with Gasteiger partial charge >= 0.3 is 0 Å². The van der Waals surface area contributed by atoms with E-state index < -0.39 is 10.0 Å². The molecule has 0 aliphatic heterocycles. The van der Waals surface area contributed by atoms with E-state index in [4.69, 9.17) is 9.47 Å². The summed E-state index contributed by atoms with van der Waals surface area (Å²) in [5.41, 5.74) is 1.55. The van der Waals surface area contributed by atoms with E-state index in [0.29, 0.717) is 18.1 Å². The van der Waals surface area contributed by atoms with Gasteiger partial charge in [-0.25, -0.2) is 8.42 Å². The zero-order valence-corrected chi connectivity index (χ0v) is 19.0. The van der Waals surface area contributed by atoms with Gasteiger partial charge in [0, 0.05) is 12.1 Å². The summed E-state index contributed by atoms with van der Waals surface area (Å²) in [5.74, 6) is 0.916. The second-order valence-electron chi connectivity index (χ2n) is 6.82. The molecule has 1 N–H and O–H groups in total. The average Bonchev–Trinajstić information content (AvgIpc) is 2.73. The summed E-state index contributed by atoms with van der Waals surface area (Å²) in [6.07, 6.45) is 0. The number of rotatable bonds is 10. The summed E-state index contributed by atoms with van der Waals surface area (Å²) in [7, 11) is -2.25. The van der Waals surface area contributed by atoms with Crippen LogP contribution in [0.1, 0.15) is 37.9 Å². The average molecular weight is 435 g/mol. The van der Waals surface area contributed by atoms with Crippen LogP contribution >= 0.6 is 0 Å². The van der Waals surface area contributed by atoms with Crippen molar-refractivity contribution < 1.29 is 22.7 Å². The maximum atomic E-state index is 13.1. The van der Waals surface area contributed by atoms with E-state index in [1.165, 1.54) is 6.07 Å². The fourth-order valence-electron chi connectivity index (χ4n) is 3.16. The minimum absolute atomic E-state index is 0.135. The molecule has 0 aliphatic carbocycles. The molecule has 0 fully saturated rings. The molecule has 164 valence electrons. The molecule has 0 aliphatic rings. The lowest BCUT2D eigenvalue weighted by Crippen LogP contribution is -2.41. The van der Waals surface area contributed by atoms with Crippen LogP contribution in [0.25, 0.3) is 0 Å². The first-order valence-corrected chi connectivity index (χ1v) is 11.3. The highest BCUT2D eigenvalue weighted by Crippen LogP contribution is 2.25. The van der Waals surface area contributed by atoms with Crippen LogP contribution in [0.5, 0.6) is 11.5 Å². The van der Waals surface area contributed by atoms with E-state index in [-0.39, 0.29) is 29.9 Å². The second kappa shape index (κ2) is 10.4. The largest absolute Gasteiger partial charge is 0.496 e. The normalized spacial score (nSPS) is 12.5. The van der Waals surface area contributed by atoms with Crippen molar-refractivity contribution in [3.8, 4) is 11.5 Å². The van der Waals surface area contributed by atoms with Gasteiger partial charge in [-0.3, -0.25) is 4.79 Å². The zero-order chi connectivity index (χ0) is 22.3. The van der Waals surface area contributed by atoms with E-state index in [0.717, 1.165) is 15.4 Å². The molecule has 1 amide bonds. The number of hydrogen-bond donors (Lipinski definition) is 1. The third-order valence-corrected chi connectivity index (χ3v) is 6.66. The van der Waals surface area contributed by atoms with Crippen molar-refractivity contribution in [2.75, 3.05) is 26.8 Å². The number of nitrogens with zero attached hydrogens (tertiary/aromatic N) is 1. The number of benzene rings is 2. The van der Waals surface area contributed by atoms with Gasteiger partial charge in [-0.15, -0.1) is 0 Å². The summed E-state index contributed by atoms with van der Waals surface area (Å²) in [6.45, 7) is 7.59. The number of aryl methyl sites for hydroxylation is 1. The number of carbonyl (C=O) groups excluding carboxylic acids is 1. The molecule has 2 aromatic carbocycles. The van der Waals surface area contributed by atoms with Gasteiger partial charge in [-0.1, -0.05) is 25.1 Å². The first kappa shape index (κ1) is 23.7. The highest BCUT2D eigenvalue weighted by molar-refractivity contribution is 7.89. The maximum absolute atomic E-state index is 13.1. The predicted octanol–water partition coefficient (Wildman–Crippen LogP) is 3.29. The number of hydrogen-bond acceptors (Lipinski definition) is 5. The fraction of sp³-hybridized carbons (Fsp3) is 0.409. The SMILES string of the molecule is CCOc1ccc(S(=O)(=O)N(CC)CC(=O)N[C@H](C)c2ccccc2OC)cc1C. The van der Waals surface area contributed by atoms with Crippen molar-refractivity contribution in [2.45, 2.75) is 38.6 Å². The maximum Gasteiger partial charge on any atom is 0.243 e. The molecular weight excluding hydrogens is 404 g/mol. The van der Waals surface area contributed by atoms with E-state index >= 15 is 0 Å². The lowest BCUT2D eigenvalue weighted by Gasteiger charge is -2.23. The van der Waals surface area contributed by atoms with Crippen molar-refractivity contribution in [3.63, 3.8) is 0 Å². The Morgan fingerprint density at radius 1 is 1.13 bits per heavy atom. The van der Waals surface area contributed by atoms with E-state index in [1.807, 2.05) is 38.1 Å². The minimum Gasteiger partial charge on any atom is -0.496 e. The lowest BCUT2D eigenvalue weighted by atomic mass is 10.1. The monoisotopic (exact) mass is 434 g/mol. The summed E-state index contributed by atoms with van der Waals surface area (Å²) in [5, 5.41) is 2.85. The number of nitrogens with one attached hydrogen (secondary N) is 1. The van der Waals surface area contributed by atoms with Gasteiger partial charge < -0.3 is 14.8 Å². The number of para-hydroxylation sites is 1. The van der Waals surface area contributed by atoms with Crippen molar-refractivity contribution in [1.82, 2.24) is 9.62 Å². The first-order chi connectivity index (χ1) is 14.2. The van der Waals surface area contributed by atoms with Crippen molar-refractivity contribution in [1.29, 1.82) is 0 Å². The Morgan fingerprint density at radius 2 is 1.83 bits per heavy atom. The molecule has 0 unspecified atom stereocenters.